The zero-order valence-corrected chi connectivity index (χ0v) is 20.8. The van der Waals surface area contributed by atoms with E-state index in [0.29, 0.717) is 0 Å². The lowest BCUT2D eigenvalue weighted by molar-refractivity contribution is -0.140. The van der Waals surface area contributed by atoms with Crippen LogP contribution in [0.4, 0.5) is 17.6 Å². The number of hydrogen-bond donors (Lipinski definition) is 4. The Kier molecular flexibility index (Phi) is 10.5. The van der Waals surface area contributed by atoms with Crippen molar-refractivity contribution in [2.24, 2.45) is 5.73 Å². The van der Waals surface area contributed by atoms with Crippen LogP contribution in [0.25, 0.3) is 11.5 Å². The molecule has 1 heterocycles. The number of aliphatic hydroxyl groups excluding tert-OH is 1. The molecule has 1 unspecified atom stereocenters. The third kappa shape index (κ3) is 9.37. The zero-order valence-electron chi connectivity index (χ0n) is 19.3. The molecule has 2 amide bonds. The molecule has 0 aliphatic carbocycles. The average Bonchev–Trinajstić information content (AvgIpc) is 3.27. The van der Waals surface area contributed by atoms with E-state index in [1.54, 1.807) is 0 Å². The summed E-state index contributed by atoms with van der Waals surface area (Å²) in [6.07, 6.45) is -6.92. The Morgan fingerprint density at radius 1 is 1.19 bits per heavy atom. The fraction of sp³-hybridized carbons (Fsp3) is 0.409. The quantitative estimate of drug-likeness (QED) is 0.226. The topological polar surface area (TPSA) is 148 Å². The number of Topliss-reactive ketones (excluding diaryl/α,β-unsaturated/α-hetero) is 1. The van der Waals surface area contributed by atoms with Gasteiger partial charge in [-0.15, -0.1) is 0 Å². The second kappa shape index (κ2) is 12.9. The van der Waals surface area contributed by atoms with Gasteiger partial charge in [0.1, 0.15) is 16.8 Å². The number of amides is 2. The number of ketones is 1. The summed E-state index contributed by atoms with van der Waals surface area (Å²) in [6, 6.07) is 0.576. The lowest BCUT2D eigenvalue weighted by atomic mass is 10.0. The molecule has 0 spiro atoms. The van der Waals surface area contributed by atoms with Crippen molar-refractivity contribution >= 4 is 46.4 Å². The molecule has 15 heteroatoms. The number of nitrogens with one attached hydrogen (secondary N) is 2. The molecule has 1 aromatic heterocycles. The molecular weight excluding hydrogens is 544 g/mol. The van der Waals surface area contributed by atoms with Crippen LogP contribution in [0.3, 0.4) is 0 Å². The lowest BCUT2D eigenvalue weighted by Gasteiger charge is -2.23. The normalized spacial score (nSPS) is 13.9. The number of nitrogens with zero attached hydrogens (tertiary/aromatic N) is 1. The first kappa shape index (κ1) is 30.1. The van der Waals surface area contributed by atoms with Crippen molar-refractivity contribution in [1.29, 1.82) is 0 Å². The van der Waals surface area contributed by atoms with Gasteiger partial charge in [0.25, 0.3) is 5.91 Å². The zero-order chi connectivity index (χ0) is 27.9. The van der Waals surface area contributed by atoms with Gasteiger partial charge < -0.3 is 25.9 Å². The third-order valence-electron chi connectivity index (χ3n) is 4.98. The minimum Gasteiger partial charge on any atom is -0.431 e. The predicted octanol–water partition coefficient (Wildman–Crippen LogP) is 3.08. The van der Waals surface area contributed by atoms with Crippen LogP contribution in [0.5, 0.6) is 0 Å². The standard InChI is InChI=1S/C22H23ClF4N4O5S/c1-10(32)2-5-15(19(34)30-14(17(33)18(28)37)6-7-22(25,26)27)31-20(35)16-9-29-21(36-16)12-4-3-11(23)8-13(12)24/h3-4,8-10,14-15,32H,2,5-7H2,1H3,(H2,28,37)(H,30,34)(H,31,35)/t10?,14-,15-/m0/s1. The van der Waals surface area contributed by atoms with Crippen LogP contribution in [-0.2, 0) is 9.59 Å². The summed E-state index contributed by atoms with van der Waals surface area (Å²) >= 11 is 10.3. The molecule has 2 rings (SSSR count). The molecule has 0 saturated carbocycles. The van der Waals surface area contributed by atoms with Gasteiger partial charge in [0.15, 0.2) is 0 Å². The SMILES string of the molecule is CC(O)CC[C@H](NC(=O)c1cnc(-c2ccc(Cl)cc2F)o1)C(=O)N[C@@H](CCC(F)(F)F)C(=O)C(N)=S. The number of carbonyl (C=O) groups excluding carboxylic acids is 3. The Hall–Kier alpha value is -3.10. The largest absolute Gasteiger partial charge is 0.431 e. The van der Waals surface area contributed by atoms with E-state index < -0.39 is 71.4 Å². The highest BCUT2D eigenvalue weighted by Gasteiger charge is 2.33. The van der Waals surface area contributed by atoms with E-state index in [0.717, 1.165) is 12.3 Å². The van der Waals surface area contributed by atoms with E-state index in [1.807, 2.05) is 0 Å². The summed E-state index contributed by atoms with van der Waals surface area (Å²) in [4.78, 5) is 40.9. The van der Waals surface area contributed by atoms with Crippen molar-refractivity contribution in [3.63, 3.8) is 0 Å². The number of benzene rings is 1. The van der Waals surface area contributed by atoms with Gasteiger partial charge in [-0.05, 0) is 44.4 Å². The Morgan fingerprint density at radius 2 is 1.86 bits per heavy atom. The number of alkyl halides is 3. The van der Waals surface area contributed by atoms with Gasteiger partial charge in [-0.3, -0.25) is 14.4 Å². The van der Waals surface area contributed by atoms with E-state index in [2.05, 4.69) is 27.8 Å². The number of halogens is 5. The molecule has 37 heavy (non-hydrogen) atoms. The molecule has 0 saturated heterocycles. The first-order valence-corrected chi connectivity index (χ1v) is 11.6. The maximum atomic E-state index is 14.1. The van der Waals surface area contributed by atoms with E-state index in [-0.39, 0.29) is 29.3 Å². The smallest absolute Gasteiger partial charge is 0.389 e. The minimum absolute atomic E-state index is 0.00642. The van der Waals surface area contributed by atoms with Crippen molar-refractivity contribution < 1.29 is 41.5 Å². The first-order valence-electron chi connectivity index (χ1n) is 10.8. The van der Waals surface area contributed by atoms with Gasteiger partial charge in [0, 0.05) is 11.4 Å². The summed E-state index contributed by atoms with van der Waals surface area (Å²) in [5, 5.41) is 14.2. The lowest BCUT2D eigenvalue weighted by Crippen LogP contribution is -2.53. The molecular formula is C22H23ClF4N4O5S. The molecule has 1 aromatic carbocycles. The number of hydrogen-bond acceptors (Lipinski definition) is 7. The molecule has 3 atom stereocenters. The second-order valence-corrected chi connectivity index (χ2v) is 8.93. The Balaban J connectivity index is 2.21. The summed E-state index contributed by atoms with van der Waals surface area (Å²) < 4.78 is 57.5. The maximum Gasteiger partial charge on any atom is 0.389 e. The van der Waals surface area contributed by atoms with Crippen LogP contribution in [0.1, 0.15) is 43.2 Å². The van der Waals surface area contributed by atoms with Crippen molar-refractivity contribution in [2.75, 3.05) is 0 Å². The van der Waals surface area contributed by atoms with Crippen LogP contribution in [0.15, 0.2) is 28.8 Å². The fourth-order valence-electron chi connectivity index (χ4n) is 3.09. The van der Waals surface area contributed by atoms with Gasteiger partial charge >= 0.3 is 6.18 Å². The van der Waals surface area contributed by atoms with Gasteiger partial charge in [-0.25, -0.2) is 9.37 Å². The van der Waals surface area contributed by atoms with E-state index in [9.17, 15) is 37.1 Å². The van der Waals surface area contributed by atoms with E-state index in [1.165, 1.54) is 19.1 Å². The molecule has 0 radical (unpaired) electrons. The fourth-order valence-corrected chi connectivity index (χ4v) is 3.39. The van der Waals surface area contributed by atoms with Crippen LogP contribution < -0.4 is 16.4 Å². The van der Waals surface area contributed by atoms with Crippen molar-refractivity contribution in [1.82, 2.24) is 15.6 Å². The number of oxazole rings is 1. The van der Waals surface area contributed by atoms with Gasteiger partial charge in [-0.1, -0.05) is 23.8 Å². The summed E-state index contributed by atoms with van der Waals surface area (Å²) in [5.74, 6) is -4.49. The highest BCUT2D eigenvalue weighted by Crippen LogP contribution is 2.25. The molecule has 202 valence electrons. The monoisotopic (exact) mass is 566 g/mol. The maximum absolute atomic E-state index is 14.1. The number of thiocarbonyl (C=S) groups is 1. The molecule has 5 N–H and O–H groups in total. The number of nitrogens with two attached hydrogens (primary N) is 1. The molecule has 2 aromatic rings. The summed E-state index contributed by atoms with van der Waals surface area (Å²) in [6.45, 7) is 1.42. The molecule has 0 aliphatic rings. The first-order chi connectivity index (χ1) is 17.2. The van der Waals surface area contributed by atoms with E-state index >= 15 is 0 Å². The van der Waals surface area contributed by atoms with Crippen LogP contribution in [0.2, 0.25) is 5.02 Å². The number of rotatable bonds is 12. The second-order valence-electron chi connectivity index (χ2n) is 8.05. The van der Waals surface area contributed by atoms with Gasteiger partial charge in [0.2, 0.25) is 23.3 Å². The highest BCUT2D eigenvalue weighted by atomic mass is 35.5. The predicted molar refractivity (Wildman–Crippen MR) is 128 cm³/mol. The Bertz CT molecular complexity index is 1160. The van der Waals surface area contributed by atoms with E-state index in [4.69, 9.17) is 21.8 Å². The average molecular weight is 567 g/mol. The number of aromatic nitrogens is 1. The molecule has 0 bridgehead atoms. The number of carbonyl (C=O) groups is 3. The van der Waals surface area contributed by atoms with Crippen LogP contribution in [0, 0.1) is 5.82 Å². The van der Waals surface area contributed by atoms with Crippen molar-refractivity contribution in [2.45, 2.75) is 57.0 Å². The van der Waals surface area contributed by atoms with Gasteiger partial charge in [-0.2, -0.15) is 13.2 Å². The molecule has 9 nitrogen and oxygen atoms in total. The Morgan fingerprint density at radius 3 is 2.43 bits per heavy atom. The summed E-state index contributed by atoms with van der Waals surface area (Å²) in [7, 11) is 0. The molecule has 0 fully saturated rings. The minimum atomic E-state index is -4.62. The van der Waals surface area contributed by atoms with Crippen molar-refractivity contribution in [3.8, 4) is 11.5 Å². The summed E-state index contributed by atoms with van der Waals surface area (Å²) in [5.41, 5.74) is 5.16. The highest BCUT2D eigenvalue weighted by molar-refractivity contribution is 7.82. The van der Waals surface area contributed by atoms with Crippen LogP contribution >= 0.6 is 23.8 Å². The van der Waals surface area contributed by atoms with Crippen molar-refractivity contribution in [3.05, 3.63) is 41.0 Å². The Labute approximate surface area is 218 Å². The number of aliphatic hydroxyl groups is 1. The van der Waals surface area contributed by atoms with Crippen LogP contribution in [-0.4, -0.2) is 57.0 Å². The van der Waals surface area contributed by atoms with Gasteiger partial charge in [0.05, 0.1) is 23.9 Å². The third-order valence-corrected chi connectivity index (χ3v) is 5.41. The molecule has 0 aliphatic heterocycles.